The molecule has 1 spiro atoms. The number of nitrogens with zero attached hydrogens (tertiary/aromatic N) is 1. The fourth-order valence-electron chi connectivity index (χ4n) is 3.89. The average Bonchev–Trinajstić information content (AvgIpc) is 2.65. The Bertz CT molecular complexity index is 375. The van der Waals surface area contributed by atoms with Crippen molar-refractivity contribution in [3.63, 3.8) is 0 Å². The molecule has 1 atom stereocenters. The average molecular weight is 281 g/mol. The molecule has 2 fully saturated rings. The summed E-state index contributed by atoms with van der Waals surface area (Å²) in [4.78, 5) is 26.6. The molecule has 1 amide bonds. The lowest BCUT2D eigenvalue weighted by molar-refractivity contribution is -0.156. The van der Waals surface area contributed by atoms with Crippen LogP contribution in [0.2, 0.25) is 0 Å². The number of hydrogen-bond donors (Lipinski definition) is 0. The molecule has 2 aliphatic rings. The van der Waals surface area contributed by atoms with Crippen molar-refractivity contribution >= 4 is 11.9 Å². The lowest BCUT2D eigenvalue weighted by Crippen LogP contribution is -2.51. The van der Waals surface area contributed by atoms with Crippen molar-refractivity contribution in [2.45, 2.75) is 83.9 Å². The zero-order chi connectivity index (χ0) is 14.9. The van der Waals surface area contributed by atoms with Gasteiger partial charge in [0.1, 0.15) is 5.60 Å². The minimum absolute atomic E-state index is 0.0998. The SMILES string of the molecule is CC(C)N(C(=O)[C@H]1CC(=O)OC12CCCCC2)C(C)C. The third kappa shape index (κ3) is 2.70. The van der Waals surface area contributed by atoms with Crippen LogP contribution >= 0.6 is 0 Å². The molecule has 1 aliphatic heterocycles. The quantitative estimate of drug-likeness (QED) is 0.747. The van der Waals surface area contributed by atoms with Gasteiger partial charge in [-0.15, -0.1) is 0 Å². The van der Waals surface area contributed by atoms with E-state index in [1.165, 1.54) is 6.42 Å². The minimum atomic E-state index is -0.506. The van der Waals surface area contributed by atoms with Crippen LogP contribution in [0.1, 0.15) is 66.2 Å². The summed E-state index contributed by atoms with van der Waals surface area (Å²) in [6.45, 7) is 8.12. The second-order valence-corrected chi connectivity index (χ2v) is 6.79. The summed E-state index contributed by atoms with van der Waals surface area (Å²) in [5, 5.41) is 0. The van der Waals surface area contributed by atoms with E-state index in [4.69, 9.17) is 4.74 Å². The van der Waals surface area contributed by atoms with Gasteiger partial charge in [-0.25, -0.2) is 0 Å². The number of amides is 1. The smallest absolute Gasteiger partial charge is 0.307 e. The lowest BCUT2D eigenvalue weighted by Gasteiger charge is -2.40. The normalized spacial score (nSPS) is 25.3. The molecule has 0 radical (unpaired) electrons. The van der Waals surface area contributed by atoms with E-state index < -0.39 is 5.60 Å². The summed E-state index contributed by atoms with van der Waals surface area (Å²) >= 11 is 0. The monoisotopic (exact) mass is 281 g/mol. The second kappa shape index (κ2) is 5.74. The number of ether oxygens (including phenoxy) is 1. The summed E-state index contributed by atoms with van der Waals surface area (Å²) in [5.41, 5.74) is -0.506. The third-order valence-corrected chi connectivity index (χ3v) is 4.69. The van der Waals surface area contributed by atoms with Gasteiger partial charge in [0.15, 0.2) is 0 Å². The Morgan fingerprint density at radius 2 is 1.70 bits per heavy atom. The molecule has 4 heteroatoms. The van der Waals surface area contributed by atoms with Gasteiger partial charge in [0.05, 0.1) is 12.3 Å². The Hall–Kier alpha value is -1.06. The molecule has 2 rings (SSSR count). The maximum absolute atomic E-state index is 12.9. The molecular weight excluding hydrogens is 254 g/mol. The predicted octanol–water partition coefficient (Wildman–Crippen LogP) is 2.90. The topological polar surface area (TPSA) is 46.6 Å². The largest absolute Gasteiger partial charge is 0.458 e. The van der Waals surface area contributed by atoms with Gasteiger partial charge in [-0.05, 0) is 53.4 Å². The van der Waals surface area contributed by atoms with Crippen LogP contribution in [0.4, 0.5) is 0 Å². The molecule has 0 aromatic heterocycles. The van der Waals surface area contributed by atoms with Crippen LogP contribution in [-0.2, 0) is 14.3 Å². The van der Waals surface area contributed by atoms with E-state index in [2.05, 4.69) is 0 Å². The number of hydrogen-bond acceptors (Lipinski definition) is 3. The molecule has 0 aromatic rings. The Morgan fingerprint density at radius 3 is 2.20 bits per heavy atom. The molecule has 1 heterocycles. The highest BCUT2D eigenvalue weighted by molar-refractivity contribution is 5.88. The molecule has 1 saturated heterocycles. The van der Waals surface area contributed by atoms with E-state index in [1.807, 2.05) is 32.6 Å². The molecule has 1 saturated carbocycles. The van der Waals surface area contributed by atoms with Crippen LogP contribution in [0.5, 0.6) is 0 Å². The van der Waals surface area contributed by atoms with Crippen molar-refractivity contribution in [2.24, 2.45) is 5.92 Å². The Kier molecular flexibility index (Phi) is 4.40. The van der Waals surface area contributed by atoms with Crippen LogP contribution in [-0.4, -0.2) is 34.5 Å². The summed E-state index contributed by atoms with van der Waals surface area (Å²) in [6.07, 6.45) is 5.24. The number of rotatable bonds is 3. The third-order valence-electron chi connectivity index (χ3n) is 4.69. The summed E-state index contributed by atoms with van der Waals surface area (Å²) in [6, 6.07) is 0.303. The van der Waals surface area contributed by atoms with Gasteiger partial charge >= 0.3 is 5.97 Å². The molecule has 0 aromatic carbocycles. The number of esters is 1. The zero-order valence-corrected chi connectivity index (χ0v) is 13.1. The number of carbonyl (C=O) groups is 2. The molecular formula is C16H27NO3. The predicted molar refractivity (Wildman–Crippen MR) is 77.1 cm³/mol. The van der Waals surface area contributed by atoms with Crippen molar-refractivity contribution in [3.05, 3.63) is 0 Å². The first-order chi connectivity index (χ1) is 9.37. The molecule has 4 nitrogen and oxygen atoms in total. The standard InChI is InChI=1S/C16H27NO3/c1-11(2)17(12(3)4)15(19)13-10-14(18)20-16(13)8-6-5-7-9-16/h11-13H,5-10H2,1-4H3/t13-/m1/s1. The van der Waals surface area contributed by atoms with Gasteiger partial charge in [-0.2, -0.15) is 0 Å². The first-order valence-electron chi connectivity index (χ1n) is 7.91. The van der Waals surface area contributed by atoms with Crippen LogP contribution in [0, 0.1) is 5.92 Å². The molecule has 0 bridgehead atoms. The van der Waals surface area contributed by atoms with Crippen molar-refractivity contribution in [3.8, 4) is 0 Å². The van der Waals surface area contributed by atoms with Crippen molar-refractivity contribution < 1.29 is 14.3 Å². The van der Waals surface area contributed by atoms with Crippen LogP contribution in [0.3, 0.4) is 0 Å². The summed E-state index contributed by atoms with van der Waals surface area (Å²) in [7, 11) is 0. The number of carbonyl (C=O) groups excluding carboxylic acids is 2. The lowest BCUT2D eigenvalue weighted by atomic mass is 9.75. The highest BCUT2D eigenvalue weighted by Gasteiger charge is 2.54. The molecule has 1 aliphatic carbocycles. The van der Waals surface area contributed by atoms with Gasteiger partial charge in [0.25, 0.3) is 0 Å². The van der Waals surface area contributed by atoms with Crippen molar-refractivity contribution in [1.29, 1.82) is 0 Å². The second-order valence-electron chi connectivity index (χ2n) is 6.79. The van der Waals surface area contributed by atoms with Crippen LogP contribution in [0.25, 0.3) is 0 Å². The van der Waals surface area contributed by atoms with Crippen molar-refractivity contribution in [1.82, 2.24) is 4.90 Å². The molecule has 114 valence electrons. The molecule has 0 unspecified atom stereocenters. The van der Waals surface area contributed by atoms with E-state index in [-0.39, 0.29) is 36.3 Å². The van der Waals surface area contributed by atoms with Gasteiger partial charge in [-0.3, -0.25) is 9.59 Å². The molecule has 0 N–H and O–H groups in total. The van der Waals surface area contributed by atoms with Gasteiger partial charge < -0.3 is 9.64 Å². The van der Waals surface area contributed by atoms with Gasteiger partial charge in [0, 0.05) is 12.1 Å². The van der Waals surface area contributed by atoms with Crippen LogP contribution in [0.15, 0.2) is 0 Å². The summed E-state index contributed by atoms with van der Waals surface area (Å²) < 4.78 is 5.65. The molecule has 20 heavy (non-hydrogen) atoms. The van der Waals surface area contributed by atoms with E-state index in [9.17, 15) is 9.59 Å². The van der Waals surface area contributed by atoms with Crippen LogP contribution < -0.4 is 0 Å². The first-order valence-corrected chi connectivity index (χ1v) is 7.91. The summed E-state index contributed by atoms with van der Waals surface area (Å²) in [5.74, 6) is -0.374. The zero-order valence-electron chi connectivity index (χ0n) is 13.1. The Labute approximate surface area is 121 Å². The fourth-order valence-corrected chi connectivity index (χ4v) is 3.89. The van der Waals surface area contributed by atoms with E-state index in [0.717, 1.165) is 25.7 Å². The minimum Gasteiger partial charge on any atom is -0.458 e. The highest BCUT2D eigenvalue weighted by Crippen LogP contribution is 2.45. The van der Waals surface area contributed by atoms with Gasteiger partial charge in [0.2, 0.25) is 5.91 Å². The fraction of sp³-hybridized carbons (Fsp3) is 0.875. The van der Waals surface area contributed by atoms with E-state index >= 15 is 0 Å². The maximum Gasteiger partial charge on any atom is 0.307 e. The van der Waals surface area contributed by atoms with E-state index in [1.54, 1.807) is 0 Å². The highest BCUT2D eigenvalue weighted by atomic mass is 16.6. The van der Waals surface area contributed by atoms with Crippen molar-refractivity contribution in [2.75, 3.05) is 0 Å². The van der Waals surface area contributed by atoms with Gasteiger partial charge in [-0.1, -0.05) is 6.42 Å². The maximum atomic E-state index is 12.9. The first kappa shape index (κ1) is 15.3. The Morgan fingerprint density at radius 1 is 1.15 bits per heavy atom. The Balaban J connectivity index is 2.24. The van der Waals surface area contributed by atoms with E-state index in [0.29, 0.717) is 0 Å².